The van der Waals surface area contributed by atoms with Gasteiger partial charge in [0.05, 0.1) is 20.8 Å². The Hall–Kier alpha value is -1.35. The summed E-state index contributed by atoms with van der Waals surface area (Å²) in [5.41, 5.74) is 1.85. The normalized spacial score (nSPS) is 10.2. The third kappa shape index (κ3) is 4.57. The molecule has 0 amide bonds. The van der Waals surface area contributed by atoms with Gasteiger partial charge in [-0.3, -0.25) is 0 Å². The first-order chi connectivity index (χ1) is 10.1. The molecule has 21 heavy (non-hydrogen) atoms. The molecule has 110 valence electrons. The van der Waals surface area contributed by atoms with Crippen molar-refractivity contribution in [1.29, 1.82) is 0 Å². The van der Waals surface area contributed by atoms with Crippen molar-refractivity contribution in [3.8, 4) is 5.75 Å². The highest BCUT2D eigenvalue weighted by atomic mass is 35.5. The maximum Gasteiger partial charge on any atom is 0.119 e. The molecule has 0 fully saturated rings. The molecule has 2 rings (SSSR count). The zero-order valence-corrected chi connectivity index (χ0v) is 13.5. The molecule has 2 aromatic carbocycles. The van der Waals surface area contributed by atoms with Crippen molar-refractivity contribution in [2.45, 2.75) is 6.54 Å². The summed E-state index contributed by atoms with van der Waals surface area (Å²) in [6.07, 6.45) is 1.71. The zero-order valence-electron chi connectivity index (χ0n) is 11.2. The maximum absolute atomic E-state index is 6.12. The van der Waals surface area contributed by atoms with Crippen LogP contribution in [0.4, 0.5) is 5.69 Å². The highest BCUT2D eigenvalue weighted by Gasteiger charge is 2.05. The van der Waals surface area contributed by atoms with E-state index in [-0.39, 0.29) is 0 Å². The van der Waals surface area contributed by atoms with Gasteiger partial charge in [-0.15, -0.1) is 0 Å². The minimum Gasteiger partial charge on any atom is -0.490 e. The lowest BCUT2D eigenvalue weighted by Gasteiger charge is -2.10. The van der Waals surface area contributed by atoms with Gasteiger partial charge >= 0.3 is 0 Å². The van der Waals surface area contributed by atoms with E-state index >= 15 is 0 Å². The summed E-state index contributed by atoms with van der Waals surface area (Å²) < 4.78 is 5.43. The minimum absolute atomic E-state index is 0.441. The summed E-state index contributed by atoms with van der Waals surface area (Å²) in [6.45, 7) is 4.73. The Morgan fingerprint density at radius 2 is 1.67 bits per heavy atom. The number of hydrogen-bond acceptors (Lipinski definition) is 2. The molecule has 0 heterocycles. The minimum atomic E-state index is 0.441. The SMILES string of the molecule is C=CCOc1ccc(CNc2cc(Cl)c(Cl)cc2Cl)cc1. The summed E-state index contributed by atoms with van der Waals surface area (Å²) in [5.74, 6) is 0.811. The summed E-state index contributed by atoms with van der Waals surface area (Å²) in [7, 11) is 0. The molecule has 0 spiro atoms. The Bertz CT molecular complexity index is 626. The van der Waals surface area contributed by atoms with Gasteiger partial charge in [0.2, 0.25) is 0 Å². The number of hydrogen-bond donors (Lipinski definition) is 1. The average molecular weight is 343 g/mol. The molecule has 0 radical (unpaired) electrons. The highest BCUT2D eigenvalue weighted by molar-refractivity contribution is 6.44. The second-order valence-corrected chi connectivity index (χ2v) is 5.56. The topological polar surface area (TPSA) is 21.3 Å². The van der Waals surface area contributed by atoms with Crippen LogP contribution in [0, 0.1) is 0 Å². The van der Waals surface area contributed by atoms with E-state index in [0.717, 1.165) is 17.0 Å². The van der Waals surface area contributed by atoms with Gasteiger partial charge in [0.15, 0.2) is 0 Å². The lowest BCUT2D eigenvalue weighted by Crippen LogP contribution is -2.00. The van der Waals surface area contributed by atoms with E-state index in [1.54, 1.807) is 18.2 Å². The van der Waals surface area contributed by atoms with E-state index in [1.165, 1.54) is 0 Å². The van der Waals surface area contributed by atoms with Crippen molar-refractivity contribution >= 4 is 40.5 Å². The first kappa shape index (κ1) is 16.0. The van der Waals surface area contributed by atoms with Crippen LogP contribution in [0.1, 0.15) is 5.56 Å². The molecular weight excluding hydrogens is 329 g/mol. The second kappa shape index (κ2) is 7.60. The average Bonchev–Trinajstić information content (AvgIpc) is 2.48. The lowest BCUT2D eigenvalue weighted by molar-refractivity contribution is 0.363. The van der Waals surface area contributed by atoms with E-state index in [4.69, 9.17) is 39.5 Å². The number of rotatable bonds is 6. The van der Waals surface area contributed by atoms with Crippen molar-refractivity contribution < 1.29 is 4.74 Å². The predicted octanol–water partition coefficient (Wildman–Crippen LogP) is 5.82. The number of benzene rings is 2. The largest absolute Gasteiger partial charge is 0.490 e. The van der Waals surface area contributed by atoms with Gasteiger partial charge in [-0.25, -0.2) is 0 Å². The second-order valence-electron chi connectivity index (χ2n) is 4.34. The molecule has 0 aliphatic carbocycles. The molecule has 0 bridgehead atoms. The van der Waals surface area contributed by atoms with Crippen LogP contribution in [-0.2, 0) is 6.54 Å². The van der Waals surface area contributed by atoms with Gasteiger partial charge in [0, 0.05) is 6.54 Å². The fourth-order valence-electron chi connectivity index (χ4n) is 1.71. The van der Waals surface area contributed by atoms with Crippen molar-refractivity contribution in [2.24, 2.45) is 0 Å². The highest BCUT2D eigenvalue weighted by Crippen LogP contribution is 2.32. The molecule has 0 atom stereocenters. The van der Waals surface area contributed by atoms with Crippen molar-refractivity contribution in [1.82, 2.24) is 0 Å². The monoisotopic (exact) mass is 341 g/mol. The fourth-order valence-corrected chi connectivity index (χ4v) is 2.33. The van der Waals surface area contributed by atoms with Gasteiger partial charge in [-0.1, -0.05) is 59.6 Å². The van der Waals surface area contributed by atoms with Crippen LogP contribution in [0.2, 0.25) is 15.1 Å². The Labute approximate surface area is 139 Å². The summed E-state index contributed by atoms with van der Waals surface area (Å²) in [5, 5.41) is 4.68. The molecule has 0 aliphatic heterocycles. The zero-order chi connectivity index (χ0) is 15.2. The molecule has 2 nitrogen and oxygen atoms in total. The Morgan fingerprint density at radius 1 is 1.00 bits per heavy atom. The molecule has 1 N–H and O–H groups in total. The van der Waals surface area contributed by atoms with Gasteiger partial charge in [0.25, 0.3) is 0 Å². The molecule has 0 aromatic heterocycles. The standard InChI is InChI=1S/C16H14Cl3NO/c1-2-7-21-12-5-3-11(4-6-12)10-20-16-9-14(18)13(17)8-15(16)19/h2-6,8-9,20H,1,7,10H2. The molecule has 0 saturated carbocycles. The van der Waals surface area contributed by atoms with Crippen LogP contribution in [0.15, 0.2) is 49.1 Å². The van der Waals surface area contributed by atoms with Crippen LogP contribution >= 0.6 is 34.8 Å². The van der Waals surface area contributed by atoms with E-state index in [9.17, 15) is 0 Å². The van der Waals surface area contributed by atoms with Crippen molar-refractivity contribution in [2.75, 3.05) is 11.9 Å². The predicted molar refractivity (Wildman–Crippen MR) is 90.9 cm³/mol. The van der Waals surface area contributed by atoms with E-state index < -0.39 is 0 Å². The first-order valence-electron chi connectivity index (χ1n) is 6.31. The van der Waals surface area contributed by atoms with Gasteiger partial charge in [-0.05, 0) is 29.8 Å². The van der Waals surface area contributed by atoms with E-state index in [0.29, 0.717) is 28.2 Å². The van der Waals surface area contributed by atoms with Crippen molar-refractivity contribution in [3.63, 3.8) is 0 Å². The summed E-state index contributed by atoms with van der Waals surface area (Å²) >= 11 is 18.0. The molecular formula is C16H14Cl3NO. The lowest BCUT2D eigenvalue weighted by atomic mass is 10.2. The Morgan fingerprint density at radius 3 is 2.33 bits per heavy atom. The maximum atomic E-state index is 6.12. The number of halogens is 3. The molecule has 2 aromatic rings. The van der Waals surface area contributed by atoms with Crippen LogP contribution in [0.25, 0.3) is 0 Å². The third-order valence-electron chi connectivity index (χ3n) is 2.78. The Kier molecular flexibility index (Phi) is 5.80. The van der Waals surface area contributed by atoms with Gasteiger partial charge in [0.1, 0.15) is 12.4 Å². The van der Waals surface area contributed by atoms with E-state index in [1.807, 2.05) is 24.3 Å². The molecule has 0 aliphatic rings. The van der Waals surface area contributed by atoms with Crippen LogP contribution in [0.5, 0.6) is 5.75 Å². The van der Waals surface area contributed by atoms with Gasteiger partial charge in [-0.2, -0.15) is 0 Å². The van der Waals surface area contributed by atoms with Crippen LogP contribution in [0.3, 0.4) is 0 Å². The van der Waals surface area contributed by atoms with Crippen LogP contribution < -0.4 is 10.1 Å². The summed E-state index contributed by atoms with van der Waals surface area (Å²) in [4.78, 5) is 0. The fraction of sp³-hybridized carbons (Fsp3) is 0.125. The number of anilines is 1. The first-order valence-corrected chi connectivity index (χ1v) is 7.44. The van der Waals surface area contributed by atoms with Crippen molar-refractivity contribution in [3.05, 3.63) is 69.7 Å². The number of ether oxygens (including phenoxy) is 1. The van der Waals surface area contributed by atoms with Crippen LogP contribution in [-0.4, -0.2) is 6.61 Å². The van der Waals surface area contributed by atoms with Gasteiger partial charge < -0.3 is 10.1 Å². The quantitative estimate of drug-likeness (QED) is 0.527. The summed E-state index contributed by atoms with van der Waals surface area (Å²) in [6, 6.07) is 11.1. The molecule has 0 saturated heterocycles. The molecule has 0 unspecified atom stereocenters. The third-order valence-corrected chi connectivity index (χ3v) is 3.82. The Balaban J connectivity index is 1.99. The molecule has 5 heteroatoms. The van der Waals surface area contributed by atoms with E-state index in [2.05, 4.69) is 11.9 Å². The smallest absolute Gasteiger partial charge is 0.119 e. The number of nitrogens with one attached hydrogen (secondary N) is 1.